The van der Waals surface area contributed by atoms with E-state index in [-0.39, 0.29) is 0 Å². The molecule has 0 aliphatic rings. The minimum absolute atomic E-state index is 0.636. The van der Waals surface area contributed by atoms with Gasteiger partial charge in [0.25, 0.3) is 0 Å². The van der Waals surface area contributed by atoms with E-state index in [0.717, 1.165) is 27.8 Å². The molecule has 1 heterocycles. The van der Waals surface area contributed by atoms with Crippen molar-refractivity contribution in [1.82, 2.24) is 15.0 Å². The first kappa shape index (κ1) is 19.2. The highest BCUT2D eigenvalue weighted by Gasteiger charge is 2.12. The Morgan fingerprint density at radius 2 is 0.806 bits per heavy atom. The van der Waals surface area contributed by atoms with Crippen LogP contribution in [0.4, 0.5) is 0 Å². The van der Waals surface area contributed by atoms with Crippen molar-refractivity contribution in [3.05, 3.63) is 114 Å². The van der Waals surface area contributed by atoms with Gasteiger partial charge in [0.05, 0.1) is 0 Å². The molecule has 0 radical (unpaired) electrons. The molecule has 0 atom stereocenters. The van der Waals surface area contributed by atoms with Gasteiger partial charge in [-0.1, -0.05) is 103 Å². The normalized spacial score (nSPS) is 10.7. The first-order valence-electron chi connectivity index (χ1n) is 9.99. The second-order valence-corrected chi connectivity index (χ2v) is 7.57. The third-order valence-corrected chi connectivity index (χ3v) is 5.21. The summed E-state index contributed by atoms with van der Waals surface area (Å²) >= 11 is 6.20. The van der Waals surface area contributed by atoms with E-state index < -0.39 is 0 Å². The van der Waals surface area contributed by atoms with Gasteiger partial charge in [-0.25, -0.2) is 15.0 Å². The lowest BCUT2D eigenvalue weighted by atomic mass is 10.0. The highest BCUT2D eigenvalue weighted by molar-refractivity contribution is 6.30. The number of aromatic nitrogens is 3. The number of halogens is 1. The second-order valence-electron chi connectivity index (χ2n) is 7.13. The minimum Gasteiger partial charge on any atom is -0.208 e. The molecule has 0 aliphatic heterocycles. The molecule has 0 aliphatic carbocycles. The van der Waals surface area contributed by atoms with Crippen molar-refractivity contribution >= 4 is 11.6 Å². The van der Waals surface area contributed by atoms with Crippen LogP contribution >= 0.6 is 11.6 Å². The maximum atomic E-state index is 6.20. The smallest absolute Gasteiger partial charge is 0.164 e. The number of nitrogens with zero attached hydrogens (tertiary/aromatic N) is 3. The number of hydrogen-bond donors (Lipinski definition) is 0. The predicted molar refractivity (Wildman–Crippen MR) is 127 cm³/mol. The van der Waals surface area contributed by atoms with E-state index in [1.807, 2.05) is 97.1 Å². The number of hydrogen-bond acceptors (Lipinski definition) is 3. The van der Waals surface area contributed by atoms with Gasteiger partial charge in [-0.05, 0) is 29.3 Å². The van der Waals surface area contributed by atoms with Gasteiger partial charge in [0.1, 0.15) is 0 Å². The molecule has 0 unspecified atom stereocenters. The summed E-state index contributed by atoms with van der Waals surface area (Å²) in [5, 5.41) is 0.709. The summed E-state index contributed by atoms with van der Waals surface area (Å²) in [6.45, 7) is 0. The zero-order chi connectivity index (χ0) is 21.0. The van der Waals surface area contributed by atoms with Crippen LogP contribution in [-0.2, 0) is 0 Å². The highest BCUT2D eigenvalue weighted by atomic mass is 35.5. The van der Waals surface area contributed by atoms with Gasteiger partial charge in [0.15, 0.2) is 17.5 Å². The van der Waals surface area contributed by atoms with E-state index in [9.17, 15) is 0 Å². The van der Waals surface area contributed by atoms with Crippen molar-refractivity contribution in [2.75, 3.05) is 0 Å². The van der Waals surface area contributed by atoms with Gasteiger partial charge in [-0.15, -0.1) is 0 Å². The average molecular weight is 420 g/mol. The summed E-state index contributed by atoms with van der Waals surface area (Å²) in [7, 11) is 0. The largest absolute Gasteiger partial charge is 0.208 e. The summed E-state index contributed by atoms with van der Waals surface area (Å²) in [6, 6.07) is 36.0. The Bertz CT molecular complexity index is 1280. The quantitative estimate of drug-likeness (QED) is 0.309. The number of rotatable bonds is 4. The van der Waals surface area contributed by atoms with Gasteiger partial charge in [0, 0.05) is 21.7 Å². The molecule has 5 aromatic rings. The van der Waals surface area contributed by atoms with Crippen LogP contribution < -0.4 is 0 Å². The van der Waals surface area contributed by atoms with Crippen LogP contribution in [-0.4, -0.2) is 15.0 Å². The zero-order valence-electron chi connectivity index (χ0n) is 16.6. The summed E-state index contributed by atoms with van der Waals surface area (Å²) in [4.78, 5) is 14.4. The summed E-state index contributed by atoms with van der Waals surface area (Å²) in [5.41, 5.74) is 4.94. The monoisotopic (exact) mass is 419 g/mol. The summed E-state index contributed by atoms with van der Waals surface area (Å²) < 4.78 is 0. The Hall–Kier alpha value is -3.82. The molecule has 0 spiro atoms. The fourth-order valence-electron chi connectivity index (χ4n) is 3.44. The van der Waals surface area contributed by atoms with E-state index in [0.29, 0.717) is 22.5 Å². The van der Waals surface area contributed by atoms with E-state index in [2.05, 4.69) is 12.1 Å². The molecule has 5 rings (SSSR count). The lowest BCUT2D eigenvalue weighted by Crippen LogP contribution is -2.00. The van der Waals surface area contributed by atoms with Crippen molar-refractivity contribution in [3.63, 3.8) is 0 Å². The fourth-order valence-corrected chi connectivity index (χ4v) is 3.63. The van der Waals surface area contributed by atoms with Crippen molar-refractivity contribution in [2.24, 2.45) is 0 Å². The molecule has 0 fully saturated rings. The molecular weight excluding hydrogens is 402 g/mol. The van der Waals surface area contributed by atoms with Gasteiger partial charge < -0.3 is 0 Å². The van der Waals surface area contributed by atoms with Crippen molar-refractivity contribution < 1.29 is 0 Å². The topological polar surface area (TPSA) is 38.7 Å². The maximum Gasteiger partial charge on any atom is 0.164 e. The summed E-state index contributed by atoms with van der Waals surface area (Å²) in [5.74, 6) is 1.94. The Labute approximate surface area is 186 Å². The van der Waals surface area contributed by atoms with Crippen LogP contribution in [0.2, 0.25) is 5.02 Å². The molecule has 31 heavy (non-hydrogen) atoms. The third kappa shape index (κ3) is 4.23. The molecule has 0 saturated heterocycles. The van der Waals surface area contributed by atoms with Crippen LogP contribution in [0.5, 0.6) is 0 Å². The first-order chi connectivity index (χ1) is 15.3. The van der Waals surface area contributed by atoms with E-state index >= 15 is 0 Å². The van der Waals surface area contributed by atoms with Crippen LogP contribution in [0, 0.1) is 0 Å². The standard InChI is InChI=1S/C27H18ClN3/c28-24-16-8-14-22(18-24)21-13-7-15-23(17-21)27-30-25(19-9-3-1-4-10-19)29-26(31-27)20-11-5-2-6-12-20/h1-18H. The van der Waals surface area contributed by atoms with Crippen molar-refractivity contribution in [2.45, 2.75) is 0 Å². The minimum atomic E-state index is 0.636. The van der Waals surface area contributed by atoms with Crippen molar-refractivity contribution in [3.8, 4) is 45.3 Å². The molecule has 0 amide bonds. The van der Waals surface area contributed by atoms with Crippen LogP contribution in [0.25, 0.3) is 45.3 Å². The van der Waals surface area contributed by atoms with Crippen LogP contribution in [0.15, 0.2) is 109 Å². The number of benzene rings is 4. The molecule has 1 aromatic heterocycles. The Morgan fingerprint density at radius 1 is 0.387 bits per heavy atom. The Kier molecular flexibility index (Phi) is 5.26. The van der Waals surface area contributed by atoms with Gasteiger partial charge in [0.2, 0.25) is 0 Å². The lowest BCUT2D eigenvalue weighted by Gasteiger charge is -2.09. The highest BCUT2D eigenvalue weighted by Crippen LogP contribution is 2.29. The maximum absolute atomic E-state index is 6.20. The molecule has 0 saturated carbocycles. The Balaban J connectivity index is 1.66. The second kappa shape index (κ2) is 8.50. The first-order valence-corrected chi connectivity index (χ1v) is 10.4. The van der Waals surface area contributed by atoms with Crippen LogP contribution in [0.1, 0.15) is 0 Å². The third-order valence-electron chi connectivity index (χ3n) is 4.98. The molecule has 4 heteroatoms. The summed E-state index contributed by atoms with van der Waals surface area (Å²) in [6.07, 6.45) is 0. The average Bonchev–Trinajstić information content (AvgIpc) is 2.85. The molecule has 0 N–H and O–H groups in total. The molecular formula is C27H18ClN3. The van der Waals surface area contributed by atoms with Crippen LogP contribution in [0.3, 0.4) is 0 Å². The molecule has 3 nitrogen and oxygen atoms in total. The van der Waals surface area contributed by atoms with E-state index in [1.54, 1.807) is 0 Å². The van der Waals surface area contributed by atoms with E-state index in [1.165, 1.54) is 0 Å². The molecule has 148 valence electrons. The molecule has 4 aromatic carbocycles. The van der Waals surface area contributed by atoms with Gasteiger partial charge >= 0.3 is 0 Å². The fraction of sp³-hybridized carbons (Fsp3) is 0. The molecule has 0 bridgehead atoms. The lowest BCUT2D eigenvalue weighted by molar-refractivity contribution is 1.07. The predicted octanol–water partition coefficient (Wildman–Crippen LogP) is 7.19. The SMILES string of the molecule is Clc1cccc(-c2cccc(-c3nc(-c4ccccc4)nc(-c4ccccc4)n3)c2)c1. The van der Waals surface area contributed by atoms with Gasteiger partial charge in [-0.2, -0.15) is 0 Å². The van der Waals surface area contributed by atoms with E-state index in [4.69, 9.17) is 26.6 Å². The zero-order valence-corrected chi connectivity index (χ0v) is 17.4. The Morgan fingerprint density at radius 3 is 1.35 bits per heavy atom. The van der Waals surface area contributed by atoms with Crippen molar-refractivity contribution in [1.29, 1.82) is 0 Å². The van der Waals surface area contributed by atoms with Gasteiger partial charge in [-0.3, -0.25) is 0 Å².